The molecule has 18 heavy (non-hydrogen) atoms. The lowest BCUT2D eigenvalue weighted by Gasteiger charge is -2.26. The van der Waals surface area contributed by atoms with Crippen LogP contribution in [-0.2, 0) is 0 Å². The summed E-state index contributed by atoms with van der Waals surface area (Å²) in [7, 11) is 1.79. The van der Waals surface area contributed by atoms with Crippen LogP contribution in [0.25, 0.3) is 0 Å². The van der Waals surface area contributed by atoms with E-state index in [2.05, 4.69) is 15.4 Å². The van der Waals surface area contributed by atoms with Crippen molar-refractivity contribution in [1.29, 1.82) is 0 Å². The second-order valence-electron chi connectivity index (χ2n) is 3.89. The highest BCUT2D eigenvalue weighted by Gasteiger charge is 2.24. The van der Waals surface area contributed by atoms with Gasteiger partial charge in [-0.1, -0.05) is 13.8 Å². The number of nitrogens with zero attached hydrogens (tertiary/aromatic N) is 4. The Kier molecular flexibility index (Phi) is 4.78. The molecule has 8 heteroatoms. The minimum atomic E-state index is -0.492. The van der Waals surface area contributed by atoms with Crippen molar-refractivity contribution >= 4 is 17.5 Å². The minimum Gasteiger partial charge on any atom is -0.351 e. The Bertz CT molecular complexity index is 421. The number of hydrazine groups is 1. The summed E-state index contributed by atoms with van der Waals surface area (Å²) in [6.07, 6.45) is 2.91. The molecule has 0 aliphatic carbocycles. The number of nitro groups is 1. The van der Waals surface area contributed by atoms with E-state index in [1.54, 1.807) is 11.9 Å². The Morgan fingerprint density at radius 3 is 2.61 bits per heavy atom. The van der Waals surface area contributed by atoms with Crippen LogP contribution in [0.3, 0.4) is 0 Å². The van der Waals surface area contributed by atoms with E-state index in [0.717, 1.165) is 19.0 Å². The molecule has 0 radical (unpaired) electrons. The third-order valence-corrected chi connectivity index (χ3v) is 2.90. The summed E-state index contributed by atoms with van der Waals surface area (Å²) in [6.45, 7) is 4.06. The minimum absolute atomic E-state index is 0.122. The molecule has 1 aromatic rings. The highest BCUT2D eigenvalue weighted by atomic mass is 16.6. The molecule has 100 valence electrons. The molecule has 8 nitrogen and oxygen atoms in total. The molecule has 0 saturated heterocycles. The maximum absolute atomic E-state index is 11.0. The molecule has 0 atom stereocenters. The monoisotopic (exact) mass is 254 g/mol. The molecule has 0 saturated carbocycles. The standard InChI is InChI=1S/C10H18N6O2/c1-4-7(5-2)15(3)9-8(16(17)18)6-12-10(13-9)14-11/h6-7H,4-5,11H2,1-3H3,(H,12,13,14). The highest BCUT2D eigenvalue weighted by Crippen LogP contribution is 2.27. The fourth-order valence-electron chi connectivity index (χ4n) is 1.83. The summed E-state index contributed by atoms with van der Waals surface area (Å²) in [5.74, 6) is 5.66. The molecule has 0 spiro atoms. The van der Waals surface area contributed by atoms with Crippen molar-refractivity contribution in [3.8, 4) is 0 Å². The Labute approximate surface area is 105 Å². The van der Waals surface area contributed by atoms with Crippen LogP contribution < -0.4 is 16.2 Å². The largest absolute Gasteiger partial charge is 0.351 e. The van der Waals surface area contributed by atoms with Crippen LogP contribution in [0.5, 0.6) is 0 Å². The van der Waals surface area contributed by atoms with Crippen LogP contribution in [0.2, 0.25) is 0 Å². The Morgan fingerprint density at radius 1 is 1.56 bits per heavy atom. The molecule has 0 fully saturated rings. The maximum atomic E-state index is 11.0. The number of nitrogen functional groups attached to an aromatic ring is 1. The van der Waals surface area contributed by atoms with Crippen LogP contribution >= 0.6 is 0 Å². The van der Waals surface area contributed by atoms with E-state index in [9.17, 15) is 10.1 Å². The number of aromatic nitrogens is 2. The quantitative estimate of drug-likeness (QED) is 0.447. The summed E-state index contributed by atoms with van der Waals surface area (Å²) in [5, 5.41) is 11.0. The van der Waals surface area contributed by atoms with Gasteiger partial charge >= 0.3 is 5.69 Å². The van der Waals surface area contributed by atoms with Crippen molar-refractivity contribution in [1.82, 2.24) is 9.97 Å². The van der Waals surface area contributed by atoms with E-state index in [-0.39, 0.29) is 23.5 Å². The van der Waals surface area contributed by atoms with Crippen LogP contribution in [0.15, 0.2) is 6.20 Å². The van der Waals surface area contributed by atoms with Gasteiger partial charge in [-0.15, -0.1) is 0 Å². The van der Waals surface area contributed by atoms with Crippen molar-refractivity contribution in [2.24, 2.45) is 5.84 Å². The highest BCUT2D eigenvalue weighted by molar-refractivity contribution is 5.58. The first-order valence-electron chi connectivity index (χ1n) is 5.75. The van der Waals surface area contributed by atoms with Crippen molar-refractivity contribution < 1.29 is 4.92 Å². The van der Waals surface area contributed by atoms with Crippen molar-refractivity contribution in [2.75, 3.05) is 17.4 Å². The van der Waals surface area contributed by atoms with Gasteiger partial charge in [0.2, 0.25) is 11.8 Å². The molecule has 3 N–H and O–H groups in total. The van der Waals surface area contributed by atoms with Crippen LogP contribution in [0, 0.1) is 10.1 Å². The van der Waals surface area contributed by atoms with E-state index in [0.29, 0.717) is 0 Å². The molecule has 1 rings (SSSR count). The maximum Gasteiger partial charge on any atom is 0.329 e. The summed E-state index contributed by atoms with van der Waals surface area (Å²) < 4.78 is 0. The van der Waals surface area contributed by atoms with Gasteiger partial charge in [0.05, 0.1) is 4.92 Å². The average molecular weight is 254 g/mol. The molecule has 1 heterocycles. The lowest BCUT2D eigenvalue weighted by atomic mass is 10.1. The molecule has 0 bridgehead atoms. The van der Waals surface area contributed by atoms with E-state index in [4.69, 9.17) is 5.84 Å². The van der Waals surface area contributed by atoms with Gasteiger partial charge in [0.1, 0.15) is 6.20 Å². The first-order chi connectivity index (χ1) is 8.54. The lowest BCUT2D eigenvalue weighted by Crippen LogP contribution is -2.32. The molecule has 0 unspecified atom stereocenters. The van der Waals surface area contributed by atoms with E-state index < -0.39 is 4.92 Å². The van der Waals surface area contributed by atoms with Crippen LogP contribution in [0.4, 0.5) is 17.5 Å². The van der Waals surface area contributed by atoms with Gasteiger partial charge in [0.15, 0.2) is 0 Å². The number of nitrogens with two attached hydrogens (primary N) is 1. The summed E-state index contributed by atoms with van der Waals surface area (Å²) in [4.78, 5) is 20.1. The fraction of sp³-hybridized carbons (Fsp3) is 0.600. The number of hydrogen-bond donors (Lipinski definition) is 2. The number of rotatable bonds is 6. The van der Waals surface area contributed by atoms with Gasteiger partial charge in [-0.3, -0.25) is 15.5 Å². The van der Waals surface area contributed by atoms with Crippen LogP contribution in [0.1, 0.15) is 26.7 Å². The third-order valence-electron chi connectivity index (χ3n) is 2.90. The van der Waals surface area contributed by atoms with Gasteiger partial charge in [0.25, 0.3) is 0 Å². The predicted octanol–water partition coefficient (Wildman–Crippen LogP) is 1.30. The topological polar surface area (TPSA) is 110 Å². The zero-order chi connectivity index (χ0) is 13.7. The van der Waals surface area contributed by atoms with Gasteiger partial charge in [-0.05, 0) is 12.8 Å². The SMILES string of the molecule is CCC(CC)N(C)c1nc(NN)ncc1[N+](=O)[O-]. The average Bonchev–Trinajstić information content (AvgIpc) is 2.39. The van der Waals surface area contributed by atoms with Crippen molar-refractivity contribution in [3.05, 3.63) is 16.3 Å². The Morgan fingerprint density at radius 2 is 2.17 bits per heavy atom. The summed E-state index contributed by atoms with van der Waals surface area (Å²) >= 11 is 0. The Balaban J connectivity index is 3.21. The molecule has 0 amide bonds. The van der Waals surface area contributed by atoms with Gasteiger partial charge in [0, 0.05) is 13.1 Å². The molecule has 0 aromatic carbocycles. The first kappa shape index (κ1) is 14.1. The summed E-state index contributed by atoms with van der Waals surface area (Å²) in [6, 6.07) is 0.184. The molecule has 0 aliphatic heterocycles. The lowest BCUT2D eigenvalue weighted by molar-refractivity contribution is -0.384. The number of nitrogens with one attached hydrogen (secondary N) is 1. The Hall–Kier alpha value is -1.96. The van der Waals surface area contributed by atoms with Gasteiger partial charge in [-0.25, -0.2) is 10.8 Å². The molecular weight excluding hydrogens is 236 g/mol. The van der Waals surface area contributed by atoms with Crippen LogP contribution in [-0.4, -0.2) is 28.0 Å². The summed E-state index contributed by atoms with van der Waals surface area (Å²) in [5.41, 5.74) is 2.17. The van der Waals surface area contributed by atoms with E-state index >= 15 is 0 Å². The second kappa shape index (κ2) is 6.10. The normalized spacial score (nSPS) is 10.5. The van der Waals surface area contributed by atoms with E-state index in [1.165, 1.54) is 0 Å². The number of hydrogen-bond acceptors (Lipinski definition) is 7. The molecule has 0 aliphatic rings. The third kappa shape index (κ3) is 2.83. The molecule has 1 aromatic heterocycles. The number of anilines is 2. The van der Waals surface area contributed by atoms with Gasteiger partial charge < -0.3 is 4.90 Å². The molecular formula is C10H18N6O2. The van der Waals surface area contributed by atoms with Crippen molar-refractivity contribution in [2.45, 2.75) is 32.7 Å². The second-order valence-corrected chi connectivity index (χ2v) is 3.89. The van der Waals surface area contributed by atoms with Gasteiger partial charge in [-0.2, -0.15) is 4.98 Å². The zero-order valence-corrected chi connectivity index (χ0v) is 10.8. The van der Waals surface area contributed by atoms with E-state index in [1.807, 2.05) is 13.8 Å². The fourth-order valence-corrected chi connectivity index (χ4v) is 1.83. The smallest absolute Gasteiger partial charge is 0.329 e. The van der Waals surface area contributed by atoms with Crippen molar-refractivity contribution in [3.63, 3.8) is 0 Å². The zero-order valence-electron chi connectivity index (χ0n) is 10.8. The predicted molar refractivity (Wildman–Crippen MR) is 69.3 cm³/mol. The first-order valence-corrected chi connectivity index (χ1v) is 5.75.